The molecule has 0 unspecified atom stereocenters. The van der Waals surface area contributed by atoms with Crippen LogP contribution in [0.25, 0.3) is 5.95 Å². The van der Waals surface area contributed by atoms with Gasteiger partial charge in [-0.2, -0.15) is 10.4 Å². The van der Waals surface area contributed by atoms with Gasteiger partial charge in [0.05, 0.1) is 23.0 Å². The van der Waals surface area contributed by atoms with E-state index in [9.17, 15) is 4.79 Å². The zero-order valence-electron chi connectivity index (χ0n) is 18.9. The highest BCUT2D eigenvalue weighted by Crippen LogP contribution is 2.31. The number of carbonyl (C=O) groups excluding carboxylic acids is 1. The zero-order chi connectivity index (χ0) is 23.1. The van der Waals surface area contributed by atoms with Gasteiger partial charge in [-0.05, 0) is 38.0 Å². The maximum atomic E-state index is 11.9. The number of piperazine rings is 1. The summed E-state index contributed by atoms with van der Waals surface area (Å²) in [6.45, 7) is 8.88. The van der Waals surface area contributed by atoms with Gasteiger partial charge in [0.1, 0.15) is 12.7 Å². The number of nitrogens with zero attached hydrogens (tertiary/aromatic N) is 6. The number of cyclic esters (lactones) is 1. The predicted molar refractivity (Wildman–Crippen MR) is 120 cm³/mol. The van der Waals surface area contributed by atoms with Gasteiger partial charge in [-0.3, -0.25) is 4.90 Å². The average Bonchev–Trinajstić information content (AvgIpc) is 3.37. The third-order valence-corrected chi connectivity index (χ3v) is 6.36. The smallest absolute Gasteiger partial charge is 0.338 e. The standard InChI is InChI=1S/C24H25N7O2/c1-14-9-30(10-17-7-26-24(27-8-17)31-11-18(6-25)16(3)29-31)12-22(28-14)19-4-5-20-21(15(19)2)13-33-23(20)32/h4-5,7-8,11,14,22,28H,9-10,12-13H2,1-3H3/t14-,22-/m0/s1. The molecule has 2 atom stereocenters. The molecule has 1 aromatic carbocycles. The van der Waals surface area contributed by atoms with E-state index in [1.165, 1.54) is 10.2 Å². The van der Waals surface area contributed by atoms with Gasteiger partial charge >= 0.3 is 5.97 Å². The zero-order valence-corrected chi connectivity index (χ0v) is 18.9. The summed E-state index contributed by atoms with van der Waals surface area (Å²) in [4.78, 5) is 23.2. The summed E-state index contributed by atoms with van der Waals surface area (Å²) >= 11 is 0. The van der Waals surface area contributed by atoms with Crippen molar-refractivity contribution in [3.05, 3.63) is 69.8 Å². The van der Waals surface area contributed by atoms with Gasteiger partial charge in [-0.1, -0.05) is 6.07 Å². The van der Waals surface area contributed by atoms with Crippen LogP contribution in [0, 0.1) is 25.2 Å². The summed E-state index contributed by atoms with van der Waals surface area (Å²) in [7, 11) is 0. The Morgan fingerprint density at radius 2 is 2.03 bits per heavy atom. The number of aromatic nitrogens is 4. The highest BCUT2D eigenvalue weighted by atomic mass is 16.5. The number of rotatable bonds is 4. The van der Waals surface area contributed by atoms with Gasteiger partial charge in [-0.15, -0.1) is 0 Å². The van der Waals surface area contributed by atoms with Crippen molar-refractivity contribution in [1.82, 2.24) is 30.0 Å². The first-order valence-electron chi connectivity index (χ1n) is 11.0. The fraction of sp³-hybridized carbons (Fsp3) is 0.375. The van der Waals surface area contributed by atoms with Crippen molar-refractivity contribution in [1.29, 1.82) is 5.26 Å². The molecule has 1 fully saturated rings. The molecule has 1 saturated heterocycles. The van der Waals surface area contributed by atoms with Gasteiger partial charge in [0, 0.05) is 55.2 Å². The third-order valence-electron chi connectivity index (χ3n) is 6.36. The van der Waals surface area contributed by atoms with Crippen molar-refractivity contribution in [2.45, 2.75) is 46.0 Å². The largest absolute Gasteiger partial charge is 0.457 e. The molecule has 3 aromatic rings. The van der Waals surface area contributed by atoms with Gasteiger partial charge in [0.25, 0.3) is 0 Å². The van der Waals surface area contributed by atoms with Crippen LogP contribution in [0.15, 0.2) is 30.7 Å². The second-order valence-electron chi connectivity index (χ2n) is 8.77. The Hall–Kier alpha value is -3.61. The minimum Gasteiger partial charge on any atom is -0.457 e. The lowest BCUT2D eigenvalue weighted by atomic mass is 9.92. The molecule has 0 bridgehead atoms. The first-order valence-corrected chi connectivity index (χ1v) is 11.0. The molecule has 2 aliphatic heterocycles. The monoisotopic (exact) mass is 443 g/mol. The van der Waals surface area contributed by atoms with Crippen molar-refractivity contribution in [3.63, 3.8) is 0 Å². The van der Waals surface area contributed by atoms with E-state index in [0.29, 0.717) is 35.4 Å². The van der Waals surface area contributed by atoms with Crippen LogP contribution >= 0.6 is 0 Å². The number of aryl methyl sites for hydroxylation is 1. The van der Waals surface area contributed by atoms with Crippen LogP contribution in [0.5, 0.6) is 0 Å². The molecule has 2 aliphatic rings. The number of nitriles is 1. The second-order valence-corrected chi connectivity index (χ2v) is 8.77. The van der Waals surface area contributed by atoms with E-state index in [4.69, 9.17) is 10.00 Å². The fourth-order valence-electron chi connectivity index (χ4n) is 4.71. The summed E-state index contributed by atoms with van der Waals surface area (Å²) in [5.74, 6) is 0.212. The summed E-state index contributed by atoms with van der Waals surface area (Å²) in [5.41, 5.74) is 6.21. The lowest BCUT2D eigenvalue weighted by Crippen LogP contribution is -2.50. The fourth-order valence-corrected chi connectivity index (χ4v) is 4.71. The van der Waals surface area contributed by atoms with Gasteiger partial charge in [-0.25, -0.2) is 19.4 Å². The topological polar surface area (TPSA) is 109 Å². The predicted octanol–water partition coefficient (Wildman–Crippen LogP) is 2.36. The molecule has 168 valence electrons. The maximum absolute atomic E-state index is 11.9. The molecule has 2 aromatic heterocycles. The van der Waals surface area contributed by atoms with E-state index in [2.05, 4.69) is 45.2 Å². The first-order chi connectivity index (χ1) is 15.9. The number of esters is 1. The Balaban J connectivity index is 1.31. The molecule has 1 N–H and O–H groups in total. The van der Waals surface area contributed by atoms with Crippen LogP contribution in [0.3, 0.4) is 0 Å². The highest BCUT2D eigenvalue weighted by Gasteiger charge is 2.30. The van der Waals surface area contributed by atoms with Crippen LogP contribution in [-0.4, -0.2) is 49.7 Å². The van der Waals surface area contributed by atoms with Crippen molar-refractivity contribution >= 4 is 5.97 Å². The van der Waals surface area contributed by atoms with Crippen molar-refractivity contribution in [3.8, 4) is 12.0 Å². The summed E-state index contributed by atoms with van der Waals surface area (Å²) in [5, 5.41) is 17.1. The molecule has 9 nitrogen and oxygen atoms in total. The molecule has 33 heavy (non-hydrogen) atoms. The highest BCUT2D eigenvalue weighted by molar-refractivity contribution is 5.94. The summed E-state index contributed by atoms with van der Waals surface area (Å²) < 4.78 is 6.75. The number of fused-ring (bicyclic) bond motifs is 1. The van der Waals surface area contributed by atoms with E-state index in [-0.39, 0.29) is 12.0 Å². The molecule has 5 rings (SSSR count). The lowest BCUT2D eigenvalue weighted by molar-refractivity contribution is 0.0535. The Bertz CT molecular complexity index is 1260. The number of nitrogens with one attached hydrogen (secondary N) is 1. The molecule has 0 radical (unpaired) electrons. The van der Waals surface area contributed by atoms with Gasteiger partial charge in [0.15, 0.2) is 0 Å². The Morgan fingerprint density at radius 3 is 2.76 bits per heavy atom. The number of benzene rings is 1. The van der Waals surface area contributed by atoms with Gasteiger partial charge < -0.3 is 10.1 Å². The molecule has 0 aliphatic carbocycles. The molecule has 9 heteroatoms. The van der Waals surface area contributed by atoms with E-state index in [0.717, 1.165) is 36.3 Å². The summed E-state index contributed by atoms with van der Waals surface area (Å²) in [6.07, 6.45) is 5.28. The minimum atomic E-state index is -0.233. The lowest BCUT2D eigenvalue weighted by Gasteiger charge is -2.38. The van der Waals surface area contributed by atoms with Crippen LogP contribution in [-0.2, 0) is 17.9 Å². The number of carbonyl (C=O) groups is 1. The quantitative estimate of drug-likeness (QED) is 0.612. The molecular formula is C24H25N7O2. The minimum absolute atomic E-state index is 0.159. The molecule has 0 amide bonds. The van der Waals surface area contributed by atoms with Crippen molar-refractivity contribution < 1.29 is 9.53 Å². The SMILES string of the molecule is Cc1nn(-c2ncc(CN3C[C@@H](c4ccc5c(c4C)COC5=O)N[C@@H](C)C3)cn2)cc1C#N. The van der Waals surface area contributed by atoms with E-state index in [1.807, 2.05) is 24.5 Å². The molecule has 4 heterocycles. The maximum Gasteiger partial charge on any atom is 0.338 e. The van der Waals surface area contributed by atoms with E-state index < -0.39 is 0 Å². The Morgan fingerprint density at radius 1 is 1.24 bits per heavy atom. The Labute approximate surface area is 192 Å². The van der Waals surface area contributed by atoms with Crippen LogP contribution in [0.4, 0.5) is 0 Å². The normalized spacial score (nSPS) is 20.4. The average molecular weight is 444 g/mol. The van der Waals surface area contributed by atoms with Crippen molar-refractivity contribution in [2.24, 2.45) is 0 Å². The Kier molecular flexibility index (Phi) is 5.40. The van der Waals surface area contributed by atoms with Crippen LogP contribution in [0.2, 0.25) is 0 Å². The van der Waals surface area contributed by atoms with Crippen LogP contribution < -0.4 is 5.32 Å². The van der Waals surface area contributed by atoms with Crippen LogP contribution in [0.1, 0.15) is 56.8 Å². The molecular weight excluding hydrogens is 418 g/mol. The molecule has 0 saturated carbocycles. The van der Waals surface area contributed by atoms with Crippen molar-refractivity contribution in [2.75, 3.05) is 13.1 Å². The number of hydrogen-bond donors (Lipinski definition) is 1. The number of ether oxygens (including phenoxy) is 1. The first kappa shape index (κ1) is 21.2. The van der Waals surface area contributed by atoms with E-state index in [1.54, 1.807) is 13.1 Å². The third kappa shape index (κ3) is 3.99. The van der Waals surface area contributed by atoms with E-state index >= 15 is 0 Å². The second kappa shape index (κ2) is 8.39. The summed E-state index contributed by atoms with van der Waals surface area (Å²) in [6, 6.07) is 6.53. The number of hydrogen-bond acceptors (Lipinski definition) is 8. The van der Waals surface area contributed by atoms with Gasteiger partial charge in [0.2, 0.25) is 5.95 Å². The molecule has 0 spiro atoms.